The van der Waals surface area contributed by atoms with Gasteiger partial charge in [-0.2, -0.15) is 0 Å². The molecular formula is C20H22F2O3. The Bertz CT molecular complexity index is 727. The summed E-state index contributed by atoms with van der Waals surface area (Å²) >= 11 is 0. The van der Waals surface area contributed by atoms with Crippen molar-refractivity contribution in [3.8, 4) is 5.75 Å². The molecule has 0 heterocycles. The van der Waals surface area contributed by atoms with Crippen LogP contribution in [-0.4, -0.2) is 22.8 Å². The fourth-order valence-electron chi connectivity index (χ4n) is 5.77. The molecule has 2 unspecified atom stereocenters. The molecule has 0 spiro atoms. The number of halogens is 2. The van der Waals surface area contributed by atoms with E-state index in [4.69, 9.17) is 4.74 Å². The SMILES string of the molecule is O=C(O)c1cc(C2CC2)c(OC2C3CC4CC2CC(F)(C4)C3)cc1F. The number of alkyl halides is 1. The van der Waals surface area contributed by atoms with E-state index in [-0.39, 0.29) is 29.4 Å². The maximum Gasteiger partial charge on any atom is 0.338 e. The largest absolute Gasteiger partial charge is 0.489 e. The van der Waals surface area contributed by atoms with Crippen LogP contribution >= 0.6 is 0 Å². The Labute approximate surface area is 145 Å². The number of rotatable bonds is 4. The zero-order valence-corrected chi connectivity index (χ0v) is 14.0. The second-order valence-electron chi connectivity index (χ2n) is 8.65. The summed E-state index contributed by atoms with van der Waals surface area (Å²) in [5.74, 6) is -0.390. The zero-order chi connectivity index (χ0) is 17.3. The van der Waals surface area contributed by atoms with Gasteiger partial charge in [-0.1, -0.05) is 0 Å². The molecule has 3 nitrogen and oxygen atoms in total. The highest BCUT2D eigenvalue weighted by atomic mass is 19.1. The van der Waals surface area contributed by atoms with E-state index in [1.165, 1.54) is 12.1 Å². The van der Waals surface area contributed by atoms with Crippen molar-refractivity contribution in [2.75, 3.05) is 0 Å². The Kier molecular flexibility index (Phi) is 3.23. The van der Waals surface area contributed by atoms with Crippen LogP contribution in [0.15, 0.2) is 12.1 Å². The second kappa shape index (κ2) is 5.18. The van der Waals surface area contributed by atoms with E-state index in [9.17, 15) is 18.7 Å². The molecule has 0 aromatic heterocycles. The van der Waals surface area contributed by atoms with Crippen LogP contribution in [-0.2, 0) is 0 Å². The van der Waals surface area contributed by atoms with Gasteiger partial charge in [0, 0.05) is 6.07 Å². The van der Waals surface area contributed by atoms with Crippen molar-refractivity contribution in [3.05, 3.63) is 29.1 Å². The van der Waals surface area contributed by atoms with Gasteiger partial charge < -0.3 is 9.84 Å². The maximum atomic E-state index is 14.8. The predicted molar refractivity (Wildman–Crippen MR) is 87.1 cm³/mol. The van der Waals surface area contributed by atoms with Gasteiger partial charge in [-0.25, -0.2) is 13.6 Å². The van der Waals surface area contributed by atoms with Crippen molar-refractivity contribution < 1.29 is 23.4 Å². The van der Waals surface area contributed by atoms with Gasteiger partial charge in [-0.3, -0.25) is 0 Å². The van der Waals surface area contributed by atoms with E-state index >= 15 is 0 Å². The summed E-state index contributed by atoms with van der Waals surface area (Å²) in [5.41, 5.74) is -0.502. The summed E-state index contributed by atoms with van der Waals surface area (Å²) in [7, 11) is 0. The quantitative estimate of drug-likeness (QED) is 0.858. The van der Waals surface area contributed by atoms with Gasteiger partial charge in [0.15, 0.2) is 0 Å². The summed E-state index contributed by atoms with van der Waals surface area (Å²) in [6.07, 6.45) is 5.71. The van der Waals surface area contributed by atoms with Gasteiger partial charge in [-0.05, 0) is 80.2 Å². The van der Waals surface area contributed by atoms with Crippen molar-refractivity contribution >= 4 is 5.97 Å². The Morgan fingerprint density at radius 3 is 2.40 bits per heavy atom. The molecule has 5 saturated carbocycles. The number of hydrogen-bond acceptors (Lipinski definition) is 2. The van der Waals surface area contributed by atoms with Gasteiger partial charge >= 0.3 is 5.97 Å². The molecule has 1 N–H and O–H groups in total. The molecule has 5 aliphatic carbocycles. The molecule has 1 aromatic carbocycles. The highest BCUT2D eigenvalue weighted by molar-refractivity contribution is 5.88. The van der Waals surface area contributed by atoms with Crippen molar-refractivity contribution in [3.63, 3.8) is 0 Å². The van der Waals surface area contributed by atoms with E-state index in [1.54, 1.807) is 0 Å². The third kappa shape index (κ3) is 2.54. The summed E-state index contributed by atoms with van der Waals surface area (Å²) in [4.78, 5) is 11.2. The normalized spacial score (nSPS) is 38.8. The number of hydrogen-bond donors (Lipinski definition) is 1. The van der Waals surface area contributed by atoms with Crippen LogP contribution in [0, 0.1) is 23.6 Å². The van der Waals surface area contributed by atoms with Crippen LogP contribution in [0.5, 0.6) is 5.75 Å². The predicted octanol–water partition coefficient (Wildman–Crippen LogP) is 4.70. The molecule has 0 amide bonds. The van der Waals surface area contributed by atoms with Crippen molar-refractivity contribution in [2.24, 2.45) is 17.8 Å². The van der Waals surface area contributed by atoms with E-state index < -0.39 is 17.5 Å². The number of benzene rings is 1. The summed E-state index contributed by atoms with van der Waals surface area (Å²) in [6.45, 7) is 0. The molecule has 5 heteroatoms. The Balaban J connectivity index is 1.46. The maximum absolute atomic E-state index is 14.8. The lowest BCUT2D eigenvalue weighted by molar-refractivity contribution is -0.134. The van der Waals surface area contributed by atoms with E-state index in [0.29, 0.717) is 30.9 Å². The average molecular weight is 348 g/mol. The van der Waals surface area contributed by atoms with Crippen molar-refractivity contribution in [2.45, 2.75) is 62.6 Å². The Morgan fingerprint density at radius 2 is 1.84 bits per heavy atom. The molecule has 0 saturated heterocycles. The van der Waals surface area contributed by atoms with Crippen LogP contribution in [0.25, 0.3) is 0 Å². The van der Waals surface area contributed by atoms with Gasteiger partial charge in [0.2, 0.25) is 0 Å². The van der Waals surface area contributed by atoms with Crippen LogP contribution < -0.4 is 4.74 Å². The first-order valence-electron chi connectivity index (χ1n) is 9.34. The highest BCUT2D eigenvalue weighted by Crippen LogP contribution is 2.58. The summed E-state index contributed by atoms with van der Waals surface area (Å²) < 4.78 is 35.3. The lowest BCUT2D eigenvalue weighted by Gasteiger charge is -2.56. The summed E-state index contributed by atoms with van der Waals surface area (Å²) in [6, 6.07) is 2.69. The van der Waals surface area contributed by atoms with Crippen molar-refractivity contribution in [1.29, 1.82) is 0 Å². The van der Waals surface area contributed by atoms with Crippen LogP contribution in [0.4, 0.5) is 8.78 Å². The highest BCUT2D eigenvalue weighted by Gasteiger charge is 2.57. The van der Waals surface area contributed by atoms with E-state index in [1.807, 2.05) is 0 Å². The molecule has 134 valence electrons. The second-order valence-corrected chi connectivity index (χ2v) is 8.65. The first-order chi connectivity index (χ1) is 11.9. The first-order valence-corrected chi connectivity index (χ1v) is 9.34. The molecule has 0 aliphatic heterocycles. The lowest BCUT2D eigenvalue weighted by atomic mass is 9.53. The third-order valence-electron chi connectivity index (χ3n) is 6.72. The molecule has 25 heavy (non-hydrogen) atoms. The van der Waals surface area contributed by atoms with Crippen LogP contribution in [0.1, 0.15) is 66.8 Å². The molecule has 0 radical (unpaired) electrons. The van der Waals surface area contributed by atoms with Gasteiger partial charge in [-0.15, -0.1) is 0 Å². The van der Waals surface area contributed by atoms with E-state index in [2.05, 4.69) is 0 Å². The lowest BCUT2D eigenvalue weighted by Crippen LogP contribution is -2.56. The Hall–Kier alpha value is -1.65. The molecule has 1 aromatic rings. The molecule has 5 aliphatic rings. The monoisotopic (exact) mass is 348 g/mol. The number of aromatic carboxylic acids is 1. The third-order valence-corrected chi connectivity index (χ3v) is 6.72. The minimum atomic E-state index is -1.25. The minimum Gasteiger partial charge on any atom is -0.489 e. The van der Waals surface area contributed by atoms with Crippen molar-refractivity contribution in [1.82, 2.24) is 0 Å². The molecule has 6 rings (SSSR count). The fourth-order valence-corrected chi connectivity index (χ4v) is 5.77. The number of ether oxygens (including phenoxy) is 1. The minimum absolute atomic E-state index is 0.0620. The molecule has 2 atom stereocenters. The fraction of sp³-hybridized carbons (Fsp3) is 0.650. The van der Waals surface area contributed by atoms with Crippen LogP contribution in [0.3, 0.4) is 0 Å². The molecular weight excluding hydrogens is 326 g/mol. The standard InChI is InChI=1S/C20H22F2O3/c21-16-6-17(14(11-1-2-11)5-15(16)19(23)24)25-18-12-3-10-4-13(18)9-20(22,7-10)8-12/h5-6,10-13,18H,1-4,7-9H2,(H,23,24). The van der Waals surface area contributed by atoms with Crippen LogP contribution in [0.2, 0.25) is 0 Å². The van der Waals surface area contributed by atoms with E-state index in [0.717, 1.165) is 31.2 Å². The van der Waals surface area contributed by atoms with Gasteiger partial charge in [0.25, 0.3) is 0 Å². The van der Waals surface area contributed by atoms with Gasteiger partial charge in [0.1, 0.15) is 23.3 Å². The average Bonchev–Trinajstić information content (AvgIpc) is 3.33. The smallest absolute Gasteiger partial charge is 0.338 e. The number of carboxylic acids is 1. The molecule has 5 fully saturated rings. The molecule has 4 bridgehead atoms. The number of carbonyl (C=O) groups is 1. The zero-order valence-electron chi connectivity index (χ0n) is 14.0. The Morgan fingerprint density at radius 1 is 1.16 bits per heavy atom. The topological polar surface area (TPSA) is 46.5 Å². The first kappa shape index (κ1) is 15.6. The number of carboxylic acid groups (broad SMARTS) is 1. The summed E-state index contributed by atoms with van der Waals surface area (Å²) in [5, 5.41) is 9.18. The van der Waals surface area contributed by atoms with Gasteiger partial charge in [0.05, 0.1) is 5.56 Å².